The summed E-state index contributed by atoms with van der Waals surface area (Å²) in [6, 6.07) is 12.4. The largest absolute Gasteiger partial charge is 0.439 e. The Morgan fingerprint density at radius 1 is 1.00 bits per heavy atom. The van der Waals surface area contributed by atoms with Crippen molar-refractivity contribution in [2.75, 3.05) is 5.32 Å². The second-order valence-electron chi connectivity index (χ2n) is 6.72. The van der Waals surface area contributed by atoms with Gasteiger partial charge in [0.2, 0.25) is 5.88 Å². The van der Waals surface area contributed by atoms with Gasteiger partial charge in [-0.3, -0.25) is 9.59 Å². The molecular weight excluding hydrogens is 397 g/mol. The second kappa shape index (κ2) is 7.62. The molecule has 1 aliphatic carbocycles. The maximum atomic E-state index is 12.6. The molecule has 0 spiro atoms. The van der Waals surface area contributed by atoms with Crippen molar-refractivity contribution in [2.45, 2.75) is 19.0 Å². The predicted octanol–water partition coefficient (Wildman–Crippen LogP) is 5.27. The number of nitrogens with one attached hydrogen (secondary N) is 1. The number of alkyl halides is 3. The molecule has 0 bridgehead atoms. The fraction of sp³-hybridized carbons (Fsp3) is 0.136. The Hall–Kier alpha value is -3.68. The molecule has 0 saturated carbocycles. The Morgan fingerprint density at radius 3 is 2.43 bits per heavy atom. The molecule has 30 heavy (non-hydrogen) atoms. The number of benzene rings is 2. The van der Waals surface area contributed by atoms with Crippen LogP contribution in [0, 0.1) is 0 Å². The molecule has 3 aromatic rings. The van der Waals surface area contributed by atoms with Crippen molar-refractivity contribution in [1.82, 2.24) is 4.98 Å². The van der Waals surface area contributed by atoms with Crippen LogP contribution in [0.5, 0.6) is 11.6 Å². The predicted molar refractivity (Wildman–Crippen MR) is 103 cm³/mol. The highest BCUT2D eigenvalue weighted by Crippen LogP contribution is 2.33. The minimum Gasteiger partial charge on any atom is -0.439 e. The first-order valence-electron chi connectivity index (χ1n) is 9.09. The van der Waals surface area contributed by atoms with Gasteiger partial charge < -0.3 is 10.1 Å². The number of hydrogen-bond acceptors (Lipinski definition) is 4. The third-order valence-corrected chi connectivity index (χ3v) is 4.72. The van der Waals surface area contributed by atoms with Gasteiger partial charge in [-0.1, -0.05) is 12.1 Å². The highest BCUT2D eigenvalue weighted by molar-refractivity contribution is 6.04. The van der Waals surface area contributed by atoms with E-state index in [0.717, 1.165) is 17.7 Å². The van der Waals surface area contributed by atoms with Crippen molar-refractivity contribution in [3.05, 3.63) is 83.0 Å². The number of hydrogen-bond donors (Lipinski definition) is 1. The van der Waals surface area contributed by atoms with Crippen LogP contribution in [0.2, 0.25) is 0 Å². The van der Waals surface area contributed by atoms with Crippen LogP contribution in [-0.4, -0.2) is 16.7 Å². The van der Waals surface area contributed by atoms with Crippen LogP contribution in [0.4, 0.5) is 18.9 Å². The molecule has 0 saturated heterocycles. The molecule has 1 aliphatic rings. The number of carbonyl (C=O) groups excluding carboxylic acids is 2. The summed E-state index contributed by atoms with van der Waals surface area (Å²) in [4.78, 5) is 28.3. The molecule has 1 N–H and O–H groups in total. The summed E-state index contributed by atoms with van der Waals surface area (Å²) in [7, 11) is 0. The molecule has 0 fully saturated rings. The SMILES string of the molecule is O=C(Nc1ccc(C(F)(F)F)cc1)c1ccc(Oc2cccc3c2CCC3=O)nc1. The molecule has 2 aromatic carbocycles. The number of anilines is 1. The zero-order chi connectivity index (χ0) is 21.3. The molecule has 1 aromatic heterocycles. The smallest absolute Gasteiger partial charge is 0.416 e. The van der Waals surface area contributed by atoms with Crippen molar-refractivity contribution in [3.63, 3.8) is 0 Å². The molecule has 0 radical (unpaired) electrons. The highest BCUT2D eigenvalue weighted by Gasteiger charge is 2.30. The van der Waals surface area contributed by atoms with Crippen molar-refractivity contribution in [3.8, 4) is 11.6 Å². The van der Waals surface area contributed by atoms with E-state index in [9.17, 15) is 22.8 Å². The third-order valence-electron chi connectivity index (χ3n) is 4.72. The van der Waals surface area contributed by atoms with Gasteiger partial charge in [0.1, 0.15) is 5.75 Å². The Bertz CT molecular complexity index is 1110. The summed E-state index contributed by atoms with van der Waals surface area (Å²) in [5, 5.41) is 2.52. The van der Waals surface area contributed by atoms with Gasteiger partial charge in [0.15, 0.2) is 5.78 Å². The number of rotatable bonds is 4. The molecule has 0 unspecified atom stereocenters. The first-order chi connectivity index (χ1) is 14.3. The van der Waals surface area contributed by atoms with Gasteiger partial charge in [0, 0.05) is 35.5 Å². The number of amides is 1. The fourth-order valence-electron chi connectivity index (χ4n) is 3.19. The molecule has 152 valence electrons. The first-order valence-corrected chi connectivity index (χ1v) is 9.09. The van der Waals surface area contributed by atoms with Gasteiger partial charge in [0.25, 0.3) is 5.91 Å². The number of nitrogens with zero attached hydrogens (tertiary/aromatic N) is 1. The van der Waals surface area contributed by atoms with E-state index < -0.39 is 17.6 Å². The minimum absolute atomic E-state index is 0.0821. The lowest BCUT2D eigenvalue weighted by atomic mass is 10.1. The van der Waals surface area contributed by atoms with Crippen molar-refractivity contribution < 1.29 is 27.5 Å². The second-order valence-corrected chi connectivity index (χ2v) is 6.72. The van der Waals surface area contributed by atoms with Crippen molar-refractivity contribution in [1.29, 1.82) is 0 Å². The summed E-state index contributed by atoms with van der Waals surface area (Å²) < 4.78 is 43.6. The zero-order valence-electron chi connectivity index (χ0n) is 15.5. The van der Waals surface area contributed by atoms with Gasteiger partial charge in [-0.15, -0.1) is 0 Å². The lowest BCUT2D eigenvalue weighted by molar-refractivity contribution is -0.137. The Labute approximate surface area is 169 Å². The molecule has 1 amide bonds. The topological polar surface area (TPSA) is 68.3 Å². The number of aromatic nitrogens is 1. The Morgan fingerprint density at radius 2 is 1.77 bits per heavy atom. The van der Waals surface area contributed by atoms with E-state index in [1.54, 1.807) is 18.2 Å². The Balaban J connectivity index is 1.44. The fourth-order valence-corrected chi connectivity index (χ4v) is 3.19. The third kappa shape index (κ3) is 4.03. The molecule has 4 rings (SSSR count). The van der Waals surface area contributed by atoms with Crippen molar-refractivity contribution in [2.24, 2.45) is 0 Å². The van der Waals surface area contributed by atoms with Gasteiger partial charge >= 0.3 is 6.18 Å². The van der Waals surface area contributed by atoms with Crippen LogP contribution in [0.1, 0.15) is 38.3 Å². The van der Waals surface area contributed by atoms with Gasteiger partial charge in [-0.05, 0) is 42.8 Å². The van der Waals surface area contributed by atoms with Gasteiger partial charge in [-0.2, -0.15) is 13.2 Å². The van der Waals surface area contributed by atoms with Crippen LogP contribution in [-0.2, 0) is 12.6 Å². The van der Waals surface area contributed by atoms with E-state index in [1.165, 1.54) is 30.5 Å². The van der Waals surface area contributed by atoms with E-state index in [2.05, 4.69) is 10.3 Å². The summed E-state index contributed by atoms with van der Waals surface area (Å²) >= 11 is 0. The van der Waals surface area contributed by atoms with Crippen LogP contribution >= 0.6 is 0 Å². The van der Waals surface area contributed by atoms with Gasteiger partial charge in [0.05, 0.1) is 11.1 Å². The molecule has 1 heterocycles. The summed E-state index contributed by atoms with van der Waals surface area (Å²) in [5.41, 5.74) is 1.15. The van der Waals surface area contributed by atoms with E-state index in [1.807, 2.05) is 0 Å². The Kier molecular flexibility index (Phi) is 4.99. The molecule has 8 heteroatoms. The van der Waals surface area contributed by atoms with Crippen LogP contribution in [0.25, 0.3) is 0 Å². The van der Waals surface area contributed by atoms with E-state index in [4.69, 9.17) is 4.74 Å². The normalized spacial score (nSPS) is 13.1. The van der Waals surface area contributed by atoms with E-state index >= 15 is 0 Å². The number of halogens is 3. The number of carbonyl (C=O) groups is 2. The van der Waals surface area contributed by atoms with Gasteiger partial charge in [-0.25, -0.2) is 4.98 Å². The number of ketones is 1. The lowest BCUT2D eigenvalue weighted by Crippen LogP contribution is -2.12. The first kappa shape index (κ1) is 19.6. The quantitative estimate of drug-likeness (QED) is 0.634. The lowest BCUT2D eigenvalue weighted by Gasteiger charge is -2.10. The van der Waals surface area contributed by atoms with E-state index in [0.29, 0.717) is 24.2 Å². The minimum atomic E-state index is -4.44. The number of ether oxygens (including phenoxy) is 1. The van der Waals surface area contributed by atoms with Crippen molar-refractivity contribution >= 4 is 17.4 Å². The average molecular weight is 412 g/mol. The maximum Gasteiger partial charge on any atom is 0.416 e. The number of pyridine rings is 1. The summed E-state index contributed by atoms with van der Waals surface area (Å²) in [6.07, 6.45) is -2.07. The summed E-state index contributed by atoms with van der Waals surface area (Å²) in [5.74, 6) is 0.375. The monoisotopic (exact) mass is 412 g/mol. The van der Waals surface area contributed by atoms with E-state index in [-0.39, 0.29) is 22.9 Å². The standard InChI is InChI=1S/C22H15F3N2O3/c23-22(24,25)14-5-7-15(8-6-14)27-21(29)13-4-11-20(26-12-13)30-19-3-1-2-16-17(19)9-10-18(16)28/h1-8,11-12H,9-10H2,(H,27,29). The highest BCUT2D eigenvalue weighted by atomic mass is 19.4. The van der Waals surface area contributed by atoms with Crippen LogP contribution < -0.4 is 10.1 Å². The number of Topliss-reactive ketones (excluding diaryl/α,β-unsaturated/α-hetero) is 1. The molecule has 0 aliphatic heterocycles. The summed E-state index contributed by atoms with van der Waals surface area (Å²) in [6.45, 7) is 0. The maximum absolute atomic E-state index is 12.6. The van der Waals surface area contributed by atoms with Crippen LogP contribution in [0.3, 0.4) is 0 Å². The molecular formula is C22H15F3N2O3. The average Bonchev–Trinajstić information content (AvgIpc) is 3.10. The zero-order valence-corrected chi connectivity index (χ0v) is 15.5. The molecule has 0 atom stereocenters. The number of fused-ring (bicyclic) bond motifs is 1. The van der Waals surface area contributed by atoms with Crippen LogP contribution in [0.15, 0.2) is 60.8 Å². The molecule has 5 nitrogen and oxygen atoms in total.